The van der Waals surface area contributed by atoms with Crippen LogP contribution in [-0.4, -0.2) is 63.1 Å². The molecule has 34 heavy (non-hydrogen) atoms. The standard InChI is InChI=1S/C19H17F3N6O2.C4H10/c1-27(10-19(20,21)22)15(29)9-28-8-11-3-2-4-14(16(11)18(28)30)25-13-5-12-6-24-26-17(12)23-7-13;1-3-4-2/h2-7,25H,8-10H2,1H3,(H,23,24,26);3-4H2,1-2H3. The van der Waals surface area contributed by atoms with Crippen molar-refractivity contribution in [3.63, 3.8) is 0 Å². The molecule has 1 aromatic carbocycles. The number of amides is 2. The van der Waals surface area contributed by atoms with Gasteiger partial charge in [-0.3, -0.25) is 14.7 Å². The van der Waals surface area contributed by atoms with Crippen molar-refractivity contribution in [2.24, 2.45) is 0 Å². The molecule has 0 spiro atoms. The summed E-state index contributed by atoms with van der Waals surface area (Å²) in [5.74, 6) is -1.20. The van der Waals surface area contributed by atoms with Gasteiger partial charge in [0.2, 0.25) is 5.91 Å². The Balaban J connectivity index is 0.000000751. The Hall–Kier alpha value is -3.63. The number of alkyl halides is 3. The highest BCUT2D eigenvalue weighted by Crippen LogP contribution is 2.31. The Bertz CT molecular complexity index is 1160. The van der Waals surface area contributed by atoms with Gasteiger partial charge in [-0.1, -0.05) is 38.8 Å². The lowest BCUT2D eigenvalue weighted by molar-refractivity contribution is -0.158. The molecule has 0 atom stereocenters. The first kappa shape index (κ1) is 25.0. The maximum atomic E-state index is 12.9. The van der Waals surface area contributed by atoms with Crippen molar-refractivity contribution in [1.29, 1.82) is 0 Å². The van der Waals surface area contributed by atoms with Crippen LogP contribution in [0.25, 0.3) is 11.0 Å². The van der Waals surface area contributed by atoms with E-state index in [0.717, 1.165) is 12.4 Å². The van der Waals surface area contributed by atoms with E-state index in [1.165, 1.54) is 17.7 Å². The van der Waals surface area contributed by atoms with Gasteiger partial charge < -0.3 is 15.1 Å². The summed E-state index contributed by atoms with van der Waals surface area (Å²) < 4.78 is 37.5. The number of halogens is 3. The monoisotopic (exact) mass is 476 g/mol. The van der Waals surface area contributed by atoms with Gasteiger partial charge in [0, 0.05) is 19.0 Å². The van der Waals surface area contributed by atoms with Crippen molar-refractivity contribution in [1.82, 2.24) is 25.0 Å². The van der Waals surface area contributed by atoms with E-state index in [0.29, 0.717) is 33.0 Å². The molecule has 182 valence electrons. The SMILES string of the molecule is CCCC.CN(CC(F)(F)F)C(=O)CN1Cc2cccc(Nc3cnc4[nH]ncc4c3)c2C1=O. The molecule has 1 aliphatic rings. The highest BCUT2D eigenvalue weighted by molar-refractivity contribution is 6.05. The van der Waals surface area contributed by atoms with E-state index >= 15 is 0 Å². The first-order valence-electron chi connectivity index (χ1n) is 10.9. The number of nitrogens with one attached hydrogen (secondary N) is 2. The molecule has 4 rings (SSSR count). The van der Waals surface area contributed by atoms with E-state index in [-0.39, 0.29) is 6.54 Å². The van der Waals surface area contributed by atoms with Gasteiger partial charge in [-0.05, 0) is 17.7 Å². The zero-order valence-electron chi connectivity index (χ0n) is 19.2. The minimum atomic E-state index is -4.50. The van der Waals surface area contributed by atoms with Crippen LogP contribution in [-0.2, 0) is 11.3 Å². The van der Waals surface area contributed by atoms with Crippen LogP contribution in [0, 0.1) is 0 Å². The molecule has 0 fully saturated rings. The van der Waals surface area contributed by atoms with Crippen molar-refractivity contribution >= 4 is 34.2 Å². The predicted molar refractivity (Wildman–Crippen MR) is 123 cm³/mol. The van der Waals surface area contributed by atoms with E-state index in [1.54, 1.807) is 30.6 Å². The molecule has 0 saturated heterocycles. The second-order valence-corrected chi connectivity index (χ2v) is 8.02. The maximum absolute atomic E-state index is 12.9. The van der Waals surface area contributed by atoms with Crippen LogP contribution in [0.4, 0.5) is 24.5 Å². The number of anilines is 2. The molecule has 2 N–H and O–H groups in total. The zero-order valence-corrected chi connectivity index (χ0v) is 19.2. The number of hydrogen-bond acceptors (Lipinski definition) is 5. The fraction of sp³-hybridized carbons (Fsp3) is 0.391. The van der Waals surface area contributed by atoms with Crippen LogP contribution in [0.1, 0.15) is 42.6 Å². The molecule has 0 aliphatic carbocycles. The summed E-state index contributed by atoms with van der Waals surface area (Å²) in [6.45, 7) is 2.72. The number of nitrogens with zero attached hydrogens (tertiary/aromatic N) is 4. The number of aromatic nitrogens is 3. The van der Waals surface area contributed by atoms with Gasteiger partial charge in [0.15, 0.2) is 5.65 Å². The molecule has 3 aromatic rings. The summed E-state index contributed by atoms with van der Waals surface area (Å²) in [7, 11) is 1.06. The van der Waals surface area contributed by atoms with Crippen molar-refractivity contribution in [3.05, 3.63) is 47.8 Å². The summed E-state index contributed by atoms with van der Waals surface area (Å²) in [6.07, 6.45) is 1.36. The lowest BCUT2D eigenvalue weighted by Gasteiger charge is -2.22. The topological polar surface area (TPSA) is 94.2 Å². The molecule has 0 radical (unpaired) electrons. The Labute approximate surface area is 195 Å². The highest BCUT2D eigenvalue weighted by atomic mass is 19.4. The van der Waals surface area contributed by atoms with E-state index in [4.69, 9.17) is 0 Å². The third-order valence-corrected chi connectivity index (χ3v) is 5.25. The average Bonchev–Trinajstić information content (AvgIpc) is 3.37. The molecular weight excluding hydrogens is 449 g/mol. The van der Waals surface area contributed by atoms with Crippen molar-refractivity contribution in [3.8, 4) is 0 Å². The van der Waals surface area contributed by atoms with Crippen LogP contribution in [0.5, 0.6) is 0 Å². The molecule has 0 bridgehead atoms. The number of rotatable bonds is 6. The molecule has 2 amide bonds. The molecule has 11 heteroatoms. The predicted octanol–water partition coefficient (Wildman–Crippen LogP) is 4.48. The molecular formula is C23H27F3N6O2. The minimum Gasteiger partial charge on any atom is -0.354 e. The summed E-state index contributed by atoms with van der Waals surface area (Å²) in [6, 6.07) is 7.05. The van der Waals surface area contributed by atoms with E-state index in [2.05, 4.69) is 34.3 Å². The van der Waals surface area contributed by atoms with Gasteiger partial charge in [0.05, 0.1) is 29.3 Å². The maximum Gasteiger partial charge on any atom is 0.406 e. The van der Waals surface area contributed by atoms with E-state index < -0.39 is 31.1 Å². The number of likely N-dealkylation sites (N-methyl/N-ethyl adjacent to an activating group) is 1. The van der Waals surface area contributed by atoms with Gasteiger partial charge in [-0.25, -0.2) is 4.98 Å². The Morgan fingerprint density at radius 2 is 1.97 bits per heavy atom. The lowest BCUT2D eigenvalue weighted by atomic mass is 10.1. The second kappa shape index (κ2) is 10.5. The van der Waals surface area contributed by atoms with Crippen molar-refractivity contribution < 1.29 is 22.8 Å². The van der Waals surface area contributed by atoms with Crippen molar-refractivity contribution in [2.75, 3.05) is 25.5 Å². The van der Waals surface area contributed by atoms with Crippen LogP contribution < -0.4 is 5.32 Å². The molecule has 2 aromatic heterocycles. The third kappa shape index (κ3) is 6.03. The molecule has 0 unspecified atom stereocenters. The molecule has 1 aliphatic heterocycles. The molecule has 3 heterocycles. The average molecular weight is 477 g/mol. The lowest BCUT2D eigenvalue weighted by Crippen LogP contribution is -2.42. The smallest absolute Gasteiger partial charge is 0.354 e. The van der Waals surface area contributed by atoms with Gasteiger partial charge in [-0.2, -0.15) is 18.3 Å². The van der Waals surface area contributed by atoms with Crippen LogP contribution in [0.3, 0.4) is 0 Å². The third-order valence-electron chi connectivity index (χ3n) is 5.25. The van der Waals surface area contributed by atoms with Gasteiger partial charge >= 0.3 is 6.18 Å². The number of H-pyrrole nitrogens is 1. The number of hydrogen-bond donors (Lipinski definition) is 2. The van der Waals surface area contributed by atoms with Crippen LogP contribution in [0.2, 0.25) is 0 Å². The van der Waals surface area contributed by atoms with Gasteiger partial charge in [0.25, 0.3) is 5.91 Å². The van der Waals surface area contributed by atoms with E-state index in [1.807, 2.05) is 6.07 Å². The number of fused-ring (bicyclic) bond motifs is 2. The largest absolute Gasteiger partial charge is 0.406 e. The summed E-state index contributed by atoms with van der Waals surface area (Å²) in [5, 5.41) is 10.6. The zero-order chi connectivity index (χ0) is 24.9. The fourth-order valence-electron chi connectivity index (χ4n) is 3.35. The normalized spacial score (nSPS) is 12.9. The van der Waals surface area contributed by atoms with Crippen molar-refractivity contribution in [2.45, 2.75) is 39.4 Å². The number of pyridine rings is 1. The Morgan fingerprint density at radius 1 is 1.24 bits per heavy atom. The van der Waals surface area contributed by atoms with Crippen LogP contribution in [0.15, 0.2) is 36.7 Å². The number of aromatic amines is 1. The minimum absolute atomic E-state index is 0.147. The highest BCUT2D eigenvalue weighted by Gasteiger charge is 2.35. The summed E-state index contributed by atoms with van der Waals surface area (Å²) in [5.41, 5.74) is 2.87. The molecule has 0 saturated carbocycles. The van der Waals surface area contributed by atoms with Crippen LogP contribution >= 0.6 is 0 Å². The second-order valence-electron chi connectivity index (χ2n) is 8.02. The van der Waals surface area contributed by atoms with E-state index in [9.17, 15) is 22.8 Å². The number of unbranched alkanes of at least 4 members (excludes halogenated alkanes) is 1. The van der Waals surface area contributed by atoms with Gasteiger partial charge in [-0.15, -0.1) is 0 Å². The Morgan fingerprint density at radius 3 is 2.65 bits per heavy atom. The first-order valence-corrected chi connectivity index (χ1v) is 10.9. The number of carbonyl (C=O) groups excluding carboxylic acids is 2. The Kier molecular flexibility index (Phi) is 7.75. The summed E-state index contributed by atoms with van der Waals surface area (Å²) in [4.78, 5) is 31.1. The number of benzene rings is 1. The first-order chi connectivity index (χ1) is 16.1. The number of carbonyl (C=O) groups is 2. The van der Waals surface area contributed by atoms with Gasteiger partial charge in [0.1, 0.15) is 13.1 Å². The quantitative estimate of drug-likeness (QED) is 0.547. The summed E-state index contributed by atoms with van der Waals surface area (Å²) >= 11 is 0. The fourth-order valence-corrected chi connectivity index (χ4v) is 3.35. The molecule has 8 nitrogen and oxygen atoms in total.